The van der Waals surface area contributed by atoms with Crippen molar-refractivity contribution in [2.45, 2.75) is 62.4 Å². The number of nitrogens with one attached hydrogen (secondary N) is 2. The Bertz CT molecular complexity index is 1280. The molecule has 2 aromatic heterocycles. The number of hydrogen-bond acceptors (Lipinski definition) is 7. The zero-order valence-electron chi connectivity index (χ0n) is 20.0. The number of furan rings is 1. The fourth-order valence-corrected chi connectivity index (χ4v) is 5.54. The number of amides is 2. The molecule has 9 nitrogen and oxygen atoms in total. The van der Waals surface area contributed by atoms with Gasteiger partial charge in [0.2, 0.25) is 5.91 Å². The molecule has 1 atom stereocenters. The van der Waals surface area contributed by atoms with Crippen molar-refractivity contribution in [1.29, 1.82) is 0 Å². The lowest BCUT2D eigenvalue weighted by molar-refractivity contribution is -0.119. The molecule has 190 valence electrons. The number of aromatic nitrogens is 2. The predicted octanol–water partition coefficient (Wildman–Crippen LogP) is 3.10. The van der Waals surface area contributed by atoms with Crippen molar-refractivity contribution < 1.29 is 18.7 Å². The van der Waals surface area contributed by atoms with Gasteiger partial charge in [0.1, 0.15) is 5.76 Å². The van der Waals surface area contributed by atoms with Crippen LogP contribution in [-0.4, -0.2) is 52.4 Å². The van der Waals surface area contributed by atoms with Gasteiger partial charge in [0.25, 0.3) is 11.5 Å². The van der Waals surface area contributed by atoms with Crippen LogP contribution in [0.3, 0.4) is 0 Å². The molecule has 0 spiro atoms. The van der Waals surface area contributed by atoms with Crippen LogP contribution in [0.4, 0.5) is 0 Å². The number of nitrogens with zero attached hydrogens (tertiary/aromatic N) is 2. The molecule has 2 N–H and O–H groups in total. The van der Waals surface area contributed by atoms with E-state index in [1.54, 1.807) is 36.6 Å². The summed E-state index contributed by atoms with van der Waals surface area (Å²) in [6, 6.07) is 8.67. The second-order valence-corrected chi connectivity index (χ2v) is 10.2. The zero-order chi connectivity index (χ0) is 24.9. The number of carbonyl (C=O) groups excluding carboxylic acids is 2. The lowest BCUT2D eigenvalue weighted by Gasteiger charge is -2.14. The van der Waals surface area contributed by atoms with Crippen LogP contribution < -0.4 is 16.2 Å². The maximum atomic E-state index is 13.4. The summed E-state index contributed by atoms with van der Waals surface area (Å²) < 4.78 is 12.5. The van der Waals surface area contributed by atoms with Crippen LogP contribution in [0, 0.1) is 0 Å². The normalized spacial score (nSPS) is 18.1. The summed E-state index contributed by atoms with van der Waals surface area (Å²) in [5.41, 5.74) is 0.590. The van der Waals surface area contributed by atoms with Gasteiger partial charge in [0.05, 0.1) is 35.6 Å². The molecule has 0 bridgehead atoms. The molecule has 1 aliphatic heterocycles. The second-order valence-electron chi connectivity index (χ2n) is 9.28. The molecule has 1 aromatic carbocycles. The van der Waals surface area contributed by atoms with Crippen LogP contribution in [0.25, 0.3) is 10.9 Å². The molecular weight excluding hydrogens is 480 g/mol. The van der Waals surface area contributed by atoms with E-state index in [-0.39, 0.29) is 41.8 Å². The van der Waals surface area contributed by atoms with Gasteiger partial charge in [-0.1, -0.05) is 24.6 Å². The van der Waals surface area contributed by atoms with E-state index >= 15 is 0 Å². The molecule has 0 radical (unpaired) electrons. The van der Waals surface area contributed by atoms with Crippen molar-refractivity contribution in [3.8, 4) is 0 Å². The van der Waals surface area contributed by atoms with E-state index in [0.717, 1.165) is 45.1 Å². The van der Waals surface area contributed by atoms with Crippen LogP contribution in [-0.2, 0) is 16.1 Å². The largest absolute Gasteiger partial charge is 0.467 e. The van der Waals surface area contributed by atoms with Crippen LogP contribution >= 0.6 is 11.8 Å². The minimum Gasteiger partial charge on any atom is -0.467 e. The first kappa shape index (κ1) is 24.6. The molecule has 1 saturated carbocycles. The quantitative estimate of drug-likeness (QED) is 0.336. The Morgan fingerprint density at radius 1 is 1.14 bits per heavy atom. The molecule has 5 rings (SSSR count). The standard InChI is InChI=1S/C26H30N4O5S/c31-23(28-18-5-1-2-6-18)16-36-26-29-22-13-17(24(32)27-14-19-7-3-11-34-19)9-10-21(22)25(33)30(26)15-20-8-4-12-35-20/h4,8-10,12-13,18-19H,1-3,5-7,11,14-16H2,(H,27,32)(H,28,31). The van der Waals surface area contributed by atoms with Crippen LogP contribution in [0.2, 0.25) is 0 Å². The third kappa shape index (κ3) is 5.82. The first-order chi connectivity index (χ1) is 17.6. The van der Waals surface area contributed by atoms with Crippen LogP contribution in [0.15, 0.2) is 51.0 Å². The van der Waals surface area contributed by atoms with Gasteiger partial charge in [-0.25, -0.2) is 4.98 Å². The van der Waals surface area contributed by atoms with Gasteiger partial charge >= 0.3 is 0 Å². The van der Waals surface area contributed by atoms with Crippen molar-refractivity contribution in [2.75, 3.05) is 18.9 Å². The molecule has 2 amide bonds. The second kappa shape index (κ2) is 11.3. The third-order valence-corrected chi connectivity index (χ3v) is 7.62. The predicted molar refractivity (Wildman–Crippen MR) is 136 cm³/mol. The van der Waals surface area contributed by atoms with Crippen molar-refractivity contribution >= 4 is 34.5 Å². The van der Waals surface area contributed by atoms with Gasteiger partial charge in [-0.05, 0) is 56.0 Å². The minimum absolute atomic E-state index is 0.0414. The number of hydrogen-bond donors (Lipinski definition) is 2. The lowest BCUT2D eigenvalue weighted by atomic mass is 10.1. The fraction of sp³-hybridized carbons (Fsp3) is 0.462. The highest BCUT2D eigenvalue weighted by molar-refractivity contribution is 7.99. The van der Waals surface area contributed by atoms with E-state index in [1.165, 1.54) is 16.3 Å². The molecule has 1 unspecified atom stereocenters. The van der Waals surface area contributed by atoms with Crippen molar-refractivity contribution in [3.05, 3.63) is 58.3 Å². The molecule has 1 aliphatic carbocycles. The molecule has 36 heavy (non-hydrogen) atoms. The maximum absolute atomic E-state index is 13.4. The highest BCUT2D eigenvalue weighted by atomic mass is 32.2. The SMILES string of the molecule is O=C(CSc1nc2cc(C(=O)NCC3CCCO3)ccc2c(=O)n1Cc1ccco1)NC1CCCC1. The van der Waals surface area contributed by atoms with Gasteiger partial charge in [-0.2, -0.15) is 0 Å². The molecule has 3 aromatic rings. The van der Waals surface area contributed by atoms with E-state index in [9.17, 15) is 14.4 Å². The number of carbonyl (C=O) groups is 2. The van der Waals surface area contributed by atoms with Crippen LogP contribution in [0.1, 0.15) is 54.6 Å². The summed E-state index contributed by atoms with van der Waals surface area (Å²) in [5.74, 6) is 0.446. The van der Waals surface area contributed by atoms with E-state index in [4.69, 9.17) is 14.1 Å². The number of fused-ring (bicyclic) bond motifs is 1. The Balaban J connectivity index is 1.38. The summed E-state index contributed by atoms with van der Waals surface area (Å²) in [6.07, 6.45) is 7.82. The summed E-state index contributed by atoms with van der Waals surface area (Å²) in [6.45, 7) is 1.38. The Morgan fingerprint density at radius 3 is 2.75 bits per heavy atom. The highest BCUT2D eigenvalue weighted by Crippen LogP contribution is 2.22. The van der Waals surface area contributed by atoms with Gasteiger partial charge in [-0.3, -0.25) is 19.0 Å². The fourth-order valence-electron chi connectivity index (χ4n) is 4.73. The Kier molecular flexibility index (Phi) is 7.72. The molecule has 10 heteroatoms. The molecule has 2 fully saturated rings. The van der Waals surface area contributed by atoms with Gasteiger partial charge in [0.15, 0.2) is 5.16 Å². The average molecular weight is 511 g/mol. The van der Waals surface area contributed by atoms with E-state index in [1.807, 2.05) is 0 Å². The summed E-state index contributed by atoms with van der Waals surface area (Å²) in [4.78, 5) is 43.4. The van der Waals surface area contributed by atoms with Gasteiger partial charge in [-0.15, -0.1) is 0 Å². The van der Waals surface area contributed by atoms with E-state index in [2.05, 4.69) is 10.6 Å². The first-order valence-corrected chi connectivity index (χ1v) is 13.4. The van der Waals surface area contributed by atoms with Crippen molar-refractivity contribution in [3.63, 3.8) is 0 Å². The molecule has 2 aliphatic rings. The monoisotopic (exact) mass is 510 g/mol. The number of benzene rings is 1. The van der Waals surface area contributed by atoms with Crippen molar-refractivity contribution in [1.82, 2.24) is 20.2 Å². The average Bonchev–Trinajstić information content (AvgIpc) is 3.67. The first-order valence-electron chi connectivity index (χ1n) is 12.5. The number of thioether (sulfide) groups is 1. The van der Waals surface area contributed by atoms with Gasteiger partial charge in [0, 0.05) is 24.8 Å². The Labute approximate surface area is 213 Å². The maximum Gasteiger partial charge on any atom is 0.262 e. The molecule has 1 saturated heterocycles. The van der Waals surface area contributed by atoms with Gasteiger partial charge < -0.3 is 19.8 Å². The van der Waals surface area contributed by atoms with Crippen LogP contribution in [0.5, 0.6) is 0 Å². The summed E-state index contributed by atoms with van der Waals surface area (Å²) in [5, 5.41) is 6.78. The Morgan fingerprint density at radius 2 is 2.00 bits per heavy atom. The molecular formula is C26H30N4O5S. The summed E-state index contributed by atoms with van der Waals surface area (Å²) >= 11 is 1.21. The molecule has 3 heterocycles. The number of rotatable bonds is 9. The third-order valence-electron chi connectivity index (χ3n) is 6.64. The lowest BCUT2D eigenvalue weighted by Crippen LogP contribution is -2.34. The van der Waals surface area contributed by atoms with E-state index < -0.39 is 0 Å². The van der Waals surface area contributed by atoms with Crippen molar-refractivity contribution in [2.24, 2.45) is 0 Å². The number of ether oxygens (including phenoxy) is 1. The minimum atomic E-state index is -0.249. The zero-order valence-corrected chi connectivity index (χ0v) is 20.9. The highest BCUT2D eigenvalue weighted by Gasteiger charge is 2.20. The summed E-state index contributed by atoms with van der Waals surface area (Å²) in [7, 11) is 0. The Hall–Kier alpha value is -3.11. The van der Waals surface area contributed by atoms with E-state index in [0.29, 0.717) is 33.9 Å². The smallest absolute Gasteiger partial charge is 0.262 e. The topological polar surface area (TPSA) is 115 Å².